The van der Waals surface area contributed by atoms with Crippen molar-refractivity contribution in [3.05, 3.63) is 23.9 Å². The molecule has 1 rings (SSSR count). The zero-order valence-electron chi connectivity index (χ0n) is 6.39. The lowest BCUT2D eigenvalue weighted by molar-refractivity contribution is 0.112. The Bertz CT molecular complexity index is 397. The molecule has 0 spiro atoms. The Morgan fingerprint density at radius 1 is 1.50 bits per heavy atom. The summed E-state index contributed by atoms with van der Waals surface area (Å²) in [6.45, 7) is 0. The summed E-state index contributed by atoms with van der Waals surface area (Å²) < 4.78 is 22.0. The van der Waals surface area contributed by atoms with Crippen molar-refractivity contribution >= 4 is 16.1 Å². The van der Waals surface area contributed by atoms with Gasteiger partial charge < -0.3 is 0 Å². The van der Waals surface area contributed by atoms with Gasteiger partial charge in [0.15, 0.2) is 21.1 Å². The summed E-state index contributed by atoms with van der Waals surface area (Å²) in [6, 6.07) is 2.93. The normalized spacial score (nSPS) is 11.1. The molecule has 1 heterocycles. The number of aromatic nitrogens is 1. The maximum absolute atomic E-state index is 11.0. The predicted molar refractivity (Wildman–Crippen MR) is 42.7 cm³/mol. The van der Waals surface area contributed by atoms with Crippen molar-refractivity contribution in [3.63, 3.8) is 0 Å². The van der Waals surface area contributed by atoms with E-state index in [-0.39, 0.29) is 10.6 Å². The third kappa shape index (κ3) is 1.68. The minimum atomic E-state index is -3.39. The first-order chi connectivity index (χ1) is 5.55. The zero-order chi connectivity index (χ0) is 9.19. The van der Waals surface area contributed by atoms with Gasteiger partial charge in [-0.25, -0.2) is 13.4 Å². The fraction of sp³-hybridized carbons (Fsp3) is 0.143. The topological polar surface area (TPSA) is 64.1 Å². The first kappa shape index (κ1) is 8.86. The molecule has 0 saturated heterocycles. The van der Waals surface area contributed by atoms with Crippen LogP contribution in [0.4, 0.5) is 0 Å². The van der Waals surface area contributed by atoms with Gasteiger partial charge in [-0.05, 0) is 12.1 Å². The van der Waals surface area contributed by atoms with Gasteiger partial charge in [-0.3, -0.25) is 4.79 Å². The van der Waals surface area contributed by atoms with Crippen molar-refractivity contribution in [1.29, 1.82) is 0 Å². The van der Waals surface area contributed by atoms with Crippen LogP contribution in [0.2, 0.25) is 0 Å². The molecule has 5 heteroatoms. The number of carbonyl (C=O) groups is 1. The van der Waals surface area contributed by atoms with E-state index in [0.717, 1.165) is 6.26 Å². The molecule has 0 aliphatic heterocycles. The number of rotatable bonds is 2. The van der Waals surface area contributed by atoms with Crippen LogP contribution in [0.1, 0.15) is 10.4 Å². The average molecular weight is 185 g/mol. The summed E-state index contributed by atoms with van der Waals surface area (Å²) in [7, 11) is -3.39. The molecule has 12 heavy (non-hydrogen) atoms. The SMILES string of the molecule is CS(=O)(=O)c1ncccc1C=O. The fourth-order valence-electron chi connectivity index (χ4n) is 0.803. The monoisotopic (exact) mass is 185 g/mol. The highest BCUT2D eigenvalue weighted by atomic mass is 32.2. The van der Waals surface area contributed by atoms with Crippen LogP contribution in [0.15, 0.2) is 23.4 Å². The highest BCUT2D eigenvalue weighted by Gasteiger charge is 2.12. The summed E-state index contributed by atoms with van der Waals surface area (Å²) in [5, 5.41) is -0.167. The minimum Gasteiger partial charge on any atom is -0.298 e. The third-order valence-corrected chi connectivity index (χ3v) is 2.32. The molecule has 0 bridgehead atoms. The van der Waals surface area contributed by atoms with Crippen LogP contribution in [0.3, 0.4) is 0 Å². The van der Waals surface area contributed by atoms with Gasteiger partial charge in [-0.2, -0.15) is 0 Å². The Morgan fingerprint density at radius 3 is 2.58 bits per heavy atom. The molecule has 0 atom stereocenters. The number of hydrogen-bond acceptors (Lipinski definition) is 4. The number of pyridine rings is 1. The molecule has 0 N–H and O–H groups in total. The van der Waals surface area contributed by atoms with E-state index in [1.807, 2.05) is 0 Å². The summed E-state index contributed by atoms with van der Waals surface area (Å²) in [4.78, 5) is 14.0. The molecule has 0 radical (unpaired) electrons. The van der Waals surface area contributed by atoms with Crippen LogP contribution in [-0.2, 0) is 9.84 Å². The van der Waals surface area contributed by atoms with Crippen LogP contribution < -0.4 is 0 Å². The Kier molecular flexibility index (Phi) is 2.23. The van der Waals surface area contributed by atoms with E-state index in [0.29, 0.717) is 6.29 Å². The number of aldehydes is 1. The highest BCUT2D eigenvalue weighted by molar-refractivity contribution is 7.90. The number of nitrogens with zero attached hydrogens (tertiary/aromatic N) is 1. The number of sulfone groups is 1. The van der Waals surface area contributed by atoms with Crippen LogP contribution in [-0.4, -0.2) is 25.9 Å². The second-order valence-electron chi connectivity index (χ2n) is 2.29. The number of hydrogen-bond donors (Lipinski definition) is 0. The molecular formula is C7H7NO3S. The number of carbonyl (C=O) groups excluding carboxylic acids is 1. The van der Waals surface area contributed by atoms with E-state index in [4.69, 9.17) is 0 Å². The molecule has 0 amide bonds. The Morgan fingerprint density at radius 2 is 2.17 bits per heavy atom. The molecule has 1 aromatic rings. The third-order valence-electron chi connectivity index (χ3n) is 1.28. The molecule has 0 aliphatic rings. The lowest BCUT2D eigenvalue weighted by atomic mass is 10.3. The molecule has 0 fully saturated rings. The van der Waals surface area contributed by atoms with Crippen molar-refractivity contribution in [2.24, 2.45) is 0 Å². The van der Waals surface area contributed by atoms with E-state index in [2.05, 4.69) is 4.98 Å². The molecule has 0 unspecified atom stereocenters. The summed E-state index contributed by atoms with van der Waals surface area (Å²) >= 11 is 0. The van der Waals surface area contributed by atoms with Gasteiger partial charge in [-0.1, -0.05) is 0 Å². The van der Waals surface area contributed by atoms with Crippen LogP contribution >= 0.6 is 0 Å². The van der Waals surface area contributed by atoms with E-state index < -0.39 is 9.84 Å². The van der Waals surface area contributed by atoms with E-state index in [1.165, 1.54) is 18.3 Å². The van der Waals surface area contributed by atoms with Crippen molar-refractivity contribution in [2.45, 2.75) is 5.03 Å². The molecular weight excluding hydrogens is 178 g/mol. The molecule has 64 valence electrons. The summed E-state index contributed by atoms with van der Waals surface area (Å²) in [5.74, 6) is 0. The lowest BCUT2D eigenvalue weighted by Gasteiger charge is -1.98. The van der Waals surface area contributed by atoms with Gasteiger partial charge in [-0.15, -0.1) is 0 Å². The van der Waals surface area contributed by atoms with Gasteiger partial charge in [0, 0.05) is 12.5 Å². The van der Waals surface area contributed by atoms with E-state index >= 15 is 0 Å². The maximum Gasteiger partial charge on any atom is 0.193 e. The van der Waals surface area contributed by atoms with Crippen molar-refractivity contribution in [1.82, 2.24) is 4.98 Å². The Hall–Kier alpha value is -1.23. The van der Waals surface area contributed by atoms with Gasteiger partial charge in [0.25, 0.3) is 0 Å². The van der Waals surface area contributed by atoms with E-state index in [9.17, 15) is 13.2 Å². The zero-order valence-corrected chi connectivity index (χ0v) is 7.21. The highest BCUT2D eigenvalue weighted by Crippen LogP contribution is 2.08. The fourth-order valence-corrected chi connectivity index (χ4v) is 1.60. The first-order valence-electron chi connectivity index (χ1n) is 3.16. The van der Waals surface area contributed by atoms with Crippen molar-refractivity contribution in [2.75, 3.05) is 6.26 Å². The van der Waals surface area contributed by atoms with Gasteiger partial charge in [0.2, 0.25) is 0 Å². The molecule has 1 aromatic heterocycles. The van der Waals surface area contributed by atoms with Crippen molar-refractivity contribution < 1.29 is 13.2 Å². The average Bonchev–Trinajstić information content (AvgIpc) is 2.03. The summed E-state index contributed by atoms with van der Waals surface area (Å²) in [6.07, 6.45) is 2.83. The second-order valence-corrected chi connectivity index (χ2v) is 4.22. The van der Waals surface area contributed by atoms with E-state index in [1.54, 1.807) is 0 Å². The van der Waals surface area contributed by atoms with Crippen LogP contribution in [0, 0.1) is 0 Å². The molecule has 4 nitrogen and oxygen atoms in total. The molecule has 0 saturated carbocycles. The van der Waals surface area contributed by atoms with Crippen molar-refractivity contribution in [3.8, 4) is 0 Å². The Labute approximate surface area is 70.2 Å². The second kappa shape index (κ2) is 3.02. The standard InChI is InChI=1S/C7H7NO3S/c1-12(10,11)7-6(5-9)3-2-4-8-7/h2-5H,1H3. The Balaban J connectivity index is 3.43. The van der Waals surface area contributed by atoms with Crippen LogP contribution in [0.5, 0.6) is 0 Å². The quantitative estimate of drug-likeness (QED) is 0.621. The smallest absolute Gasteiger partial charge is 0.193 e. The molecule has 0 aliphatic carbocycles. The lowest BCUT2D eigenvalue weighted by Crippen LogP contribution is -2.04. The van der Waals surface area contributed by atoms with Gasteiger partial charge in [0.1, 0.15) is 0 Å². The summed E-state index contributed by atoms with van der Waals surface area (Å²) in [5.41, 5.74) is 0.0972. The van der Waals surface area contributed by atoms with Crippen LogP contribution in [0.25, 0.3) is 0 Å². The first-order valence-corrected chi connectivity index (χ1v) is 5.05. The minimum absolute atomic E-state index is 0.0972. The maximum atomic E-state index is 11.0. The largest absolute Gasteiger partial charge is 0.298 e. The van der Waals surface area contributed by atoms with Gasteiger partial charge in [0.05, 0.1) is 5.56 Å². The predicted octanol–water partition coefficient (Wildman–Crippen LogP) is 0.298. The van der Waals surface area contributed by atoms with Gasteiger partial charge >= 0.3 is 0 Å². The molecule has 0 aromatic carbocycles.